The minimum absolute atomic E-state index is 0. The first-order valence-corrected chi connectivity index (χ1v) is 5.73. The highest BCUT2D eigenvalue weighted by atomic mass is 16.3. The second-order valence-electron chi connectivity index (χ2n) is 4.57. The van der Waals surface area contributed by atoms with Gasteiger partial charge in [0.25, 0.3) is 0 Å². The van der Waals surface area contributed by atoms with Gasteiger partial charge in [-0.1, -0.05) is 25.3 Å². The smallest absolute Gasteiger partial charge is 0.0856 e. The Bertz CT molecular complexity index is 202. The standard InChI is InChI=1S/C12H20O.H2O/c13-12(9-5-2-6-10-12)11-7-3-1-4-8-11;/h7,13H,1-6,8-10H2;1H2. The van der Waals surface area contributed by atoms with Gasteiger partial charge >= 0.3 is 0 Å². The molecule has 3 N–H and O–H groups in total. The van der Waals surface area contributed by atoms with Crippen molar-refractivity contribution >= 4 is 0 Å². The molecular weight excluding hydrogens is 176 g/mol. The maximum Gasteiger partial charge on any atom is 0.0856 e. The molecule has 0 unspecified atom stereocenters. The average Bonchev–Trinajstić information content (AvgIpc) is 2.20. The minimum atomic E-state index is -0.390. The second kappa shape index (κ2) is 4.94. The van der Waals surface area contributed by atoms with Gasteiger partial charge in [0, 0.05) is 0 Å². The van der Waals surface area contributed by atoms with Crippen LogP contribution in [0, 0.1) is 0 Å². The molecule has 1 fully saturated rings. The van der Waals surface area contributed by atoms with Crippen molar-refractivity contribution in [3.05, 3.63) is 11.6 Å². The van der Waals surface area contributed by atoms with E-state index >= 15 is 0 Å². The zero-order chi connectivity index (χ0) is 9.15. The Morgan fingerprint density at radius 2 is 1.71 bits per heavy atom. The Labute approximate surface area is 86.3 Å². The summed E-state index contributed by atoms with van der Waals surface area (Å²) in [7, 11) is 0. The lowest BCUT2D eigenvalue weighted by atomic mass is 9.76. The van der Waals surface area contributed by atoms with Crippen molar-refractivity contribution in [2.24, 2.45) is 0 Å². The third-order valence-corrected chi connectivity index (χ3v) is 3.57. The molecule has 2 nitrogen and oxygen atoms in total. The summed E-state index contributed by atoms with van der Waals surface area (Å²) in [6.07, 6.45) is 13.0. The SMILES string of the molecule is O.OC1(C2=CCCCC2)CCCCC1. The maximum absolute atomic E-state index is 10.4. The molecular formula is C12H22O2. The lowest BCUT2D eigenvalue weighted by Crippen LogP contribution is -2.34. The molecule has 0 saturated heterocycles. The fraction of sp³-hybridized carbons (Fsp3) is 0.833. The highest BCUT2D eigenvalue weighted by Crippen LogP contribution is 2.38. The molecule has 0 aromatic rings. The predicted octanol–water partition coefficient (Wildman–Crippen LogP) is 2.36. The van der Waals surface area contributed by atoms with Crippen molar-refractivity contribution in [2.45, 2.75) is 63.4 Å². The van der Waals surface area contributed by atoms with Gasteiger partial charge in [-0.3, -0.25) is 0 Å². The van der Waals surface area contributed by atoms with Crippen LogP contribution in [0.25, 0.3) is 0 Å². The van der Waals surface area contributed by atoms with E-state index in [1.165, 1.54) is 44.1 Å². The molecule has 14 heavy (non-hydrogen) atoms. The van der Waals surface area contributed by atoms with Crippen molar-refractivity contribution in [3.63, 3.8) is 0 Å². The van der Waals surface area contributed by atoms with Crippen LogP contribution >= 0.6 is 0 Å². The molecule has 0 aliphatic heterocycles. The Kier molecular flexibility index (Phi) is 4.14. The topological polar surface area (TPSA) is 51.7 Å². The van der Waals surface area contributed by atoms with Crippen LogP contribution in [0.1, 0.15) is 57.8 Å². The zero-order valence-electron chi connectivity index (χ0n) is 8.89. The van der Waals surface area contributed by atoms with Crippen LogP contribution in [-0.2, 0) is 0 Å². The summed E-state index contributed by atoms with van der Waals surface area (Å²) in [4.78, 5) is 0. The summed E-state index contributed by atoms with van der Waals surface area (Å²) < 4.78 is 0. The predicted molar refractivity (Wildman–Crippen MR) is 58.2 cm³/mol. The monoisotopic (exact) mass is 198 g/mol. The van der Waals surface area contributed by atoms with Gasteiger partial charge in [0.2, 0.25) is 0 Å². The van der Waals surface area contributed by atoms with Crippen LogP contribution in [0.15, 0.2) is 11.6 Å². The third-order valence-electron chi connectivity index (χ3n) is 3.57. The molecule has 0 spiro atoms. The number of rotatable bonds is 1. The fourth-order valence-corrected chi connectivity index (χ4v) is 2.72. The fourth-order valence-electron chi connectivity index (χ4n) is 2.72. The number of allylic oxidation sites excluding steroid dienone is 1. The lowest BCUT2D eigenvalue weighted by Gasteiger charge is -2.36. The molecule has 0 radical (unpaired) electrons. The molecule has 0 aromatic heterocycles. The van der Waals surface area contributed by atoms with Crippen LogP contribution in [0.5, 0.6) is 0 Å². The molecule has 82 valence electrons. The summed E-state index contributed by atoms with van der Waals surface area (Å²) in [5.41, 5.74) is 0.969. The van der Waals surface area contributed by atoms with E-state index in [9.17, 15) is 5.11 Å². The van der Waals surface area contributed by atoms with Gasteiger partial charge in [-0.2, -0.15) is 0 Å². The lowest BCUT2D eigenvalue weighted by molar-refractivity contribution is 0.0349. The largest absolute Gasteiger partial charge is 0.412 e. The van der Waals surface area contributed by atoms with E-state index in [0.717, 1.165) is 19.3 Å². The highest BCUT2D eigenvalue weighted by Gasteiger charge is 2.32. The molecule has 2 heteroatoms. The van der Waals surface area contributed by atoms with Crippen LogP contribution in [-0.4, -0.2) is 16.2 Å². The Morgan fingerprint density at radius 3 is 2.29 bits per heavy atom. The molecule has 0 aromatic carbocycles. The van der Waals surface area contributed by atoms with E-state index in [1.54, 1.807) is 0 Å². The minimum Gasteiger partial charge on any atom is -0.412 e. The summed E-state index contributed by atoms with van der Waals surface area (Å²) in [6, 6.07) is 0. The highest BCUT2D eigenvalue weighted by molar-refractivity contribution is 5.19. The van der Waals surface area contributed by atoms with Crippen LogP contribution < -0.4 is 0 Å². The zero-order valence-corrected chi connectivity index (χ0v) is 8.89. The number of hydrogen-bond donors (Lipinski definition) is 1. The second-order valence-corrected chi connectivity index (χ2v) is 4.57. The van der Waals surface area contributed by atoms with Crippen molar-refractivity contribution < 1.29 is 10.6 Å². The molecule has 2 aliphatic carbocycles. The Balaban J connectivity index is 0.000000980. The van der Waals surface area contributed by atoms with Crippen molar-refractivity contribution in [3.8, 4) is 0 Å². The molecule has 2 aliphatic rings. The van der Waals surface area contributed by atoms with E-state index in [4.69, 9.17) is 0 Å². The first kappa shape index (κ1) is 11.7. The Hall–Kier alpha value is -0.340. The van der Waals surface area contributed by atoms with Crippen molar-refractivity contribution in [1.29, 1.82) is 0 Å². The first-order valence-electron chi connectivity index (χ1n) is 5.73. The molecule has 2 rings (SSSR count). The molecule has 0 bridgehead atoms. The van der Waals surface area contributed by atoms with E-state index in [2.05, 4.69) is 6.08 Å². The summed E-state index contributed by atoms with van der Waals surface area (Å²) in [5, 5.41) is 10.4. The van der Waals surface area contributed by atoms with Crippen LogP contribution in [0.4, 0.5) is 0 Å². The third kappa shape index (κ3) is 2.37. The van der Waals surface area contributed by atoms with Crippen molar-refractivity contribution in [2.75, 3.05) is 0 Å². The van der Waals surface area contributed by atoms with Gasteiger partial charge in [-0.15, -0.1) is 0 Å². The van der Waals surface area contributed by atoms with Crippen LogP contribution in [0.3, 0.4) is 0 Å². The van der Waals surface area contributed by atoms with Crippen LogP contribution in [0.2, 0.25) is 0 Å². The van der Waals surface area contributed by atoms with Crippen molar-refractivity contribution in [1.82, 2.24) is 0 Å². The summed E-state index contributed by atoms with van der Waals surface area (Å²) >= 11 is 0. The Morgan fingerprint density at radius 1 is 1.00 bits per heavy atom. The summed E-state index contributed by atoms with van der Waals surface area (Å²) in [6.45, 7) is 0. The van der Waals surface area contributed by atoms with Gasteiger partial charge in [0.15, 0.2) is 0 Å². The van der Waals surface area contributed by atoms with E-state index in [1.807, 2.05) is 0 Å². The normalized spacial score (nSPS) is 26.2. The van der Waals surface area contributed by atoms with E-state index < -0.39 is 5.60 Å². The maximum atomic E-state index is 10.4. The van der Waals surface area contributed by atoms with Gasteiger partial charge < -0.3 is 10.6 Å². The number of hydrogen-bond acceptors (Lipinski definition) is 1. The molecule has 0 heterocycles. The molecule has 0 atom stereocenters. The van der Waals surface area contributed by atoms with Gasteiger partial charge in [0.05, 0.1) is 5.60 Å². The first-order chi connectivity index (χ1) is 6.31. The van der Waals surface area contributed by atoms with Gasteiger partial charge in [-0.05, 0) is 44.1 Å². The van der Waals surface area contributed by atoms with Gasteiger partial charge in [0.1, 0.15) is 0 Å². The average molecular weight is 198 g/mol. The quantitative estimate of drug-likeness (QED) is 0.646. The summed E-state index contributed by atoms with van der Waals surface area (Å²) in [5.74, 6) is 0. The van der Waals surface area contributed by atoms with Gasteiger partial charge in [-0.25, -0.2) is 0 Å². The molecule has 1 saturated carbocycles. The van der Waals surface area contributed by atoms with E-state index in [0.29, 0.717) is 0 Å². The molecule has 0 amide bonds. The van der Waals surface area contributed by atoms with E-state index in [-0.39, 0.29) is 5.48 Å². The number of aliphatic hydroxyl groups is 1.